The molecule has 0 spiro atoms. The van der Waals surface area contributed by atoms with Crippen LogP contribution in [0.2, 0.25) is 0 Å². The highest BCUT2D eigenvalue weighted by molar-refractivity contribution is 5.54. The third kappa shape index (κ3) is 4.36. The molecular weight excluding hydrogens is 337 g/mol. The molecule has 136 valence electrons. The molecule has 2 aromatic rings. The molecule has 0 bridgehead atoms. The van der Waals surface area contributed by atoms with Gasteiger partial charge in [-0.05, 0) is 32.0 Å². The largest absolute Gasteiger partial charge is 0.471 e. The van der Waals surface area contributed by atoms with E-state index < -0.39 is 18.3 Å². The highest BCUT2D eigenvalue weighted by Gasteiger charge is 2.38. The minimum Gasteiger partial charge on any atom is -0.374 e. The Morgan fingerprint density at radius 2 is 2.04 bits per heavy atom. The first-order valence-corrected chi connectivity index (χ1v) is 7.97. The lowest BCUT2D eigenvalue weighted by Crippen LogP contribution is -2.45. The molecule has 6 nitrogen and oxygen atoms in total. The molecular formula is C16H19F3N4O2. The van der Waals surface area contributed by atoms with Crippen LogP contribution in [0.4, 0.5) is 13.2 Å². The number of likely N-dealkylation sites (tertiary alicyclic amines) is 1. The molecule has 2 atom stereocenters. The van der Waals surface area contributed by atoms with Crippen LogP contribution in [0.15, 0.2) is 28.8 Å². The fourth-order valence-electron chi connectivity index (χ4n) is 2.89. The van der Waals surface area contributed by atoms with Gasteiger partial charge in [0.1, 0.15) is 6.23 Å². The summed E-state index contributed by atoms with van der Waals surface area (Å²) in [6, 6.07) is 6.56. The summed E-state index contributed by atoms with van der Waals surface area (Å²) in [6.45, 7) is 1.91. The molecule has 2 heterocycles. The van der Waals surface area contributed by atoms with Crippen molar-refractivity contribution in [1.82, 2.24) is 20.4 Å². The molecule has 0 amide bonds. The van der Waals surface area contributed by atoms with Crippen molar-refractivity contribution in [3.8, 4) is 11.4 Å². The summed E-state index contributed by atoms with van der Waals surface area (Å²) in [5.41, 5.74) is 1.00. The topological polar surface area (TPSA) is 74.4 Å². The van der Waals surface area contributed by atoms with Gasteiger partial charge in [-0.15, -0.1) is 0 Å². The normalized spacial score (nSPS) is 20.6. The Balaban J connectivity index is 1.66. The predicted octanol–water partition coefficient (Wildman–Crippen LogP) is 2.43. The fraction of sp³-hybridized carbons (Fsp3) is 0.500. The van der Waals surface area contributed by atoms with E-state index in [2.05, 4.69) is 24.9 Å². The predicted molar refractivity (Wildman–Crippen MR) is 83.4 cm³/mol. The number of rotatable bonds is 4. The molecule has 1 aromatic heterocycles. The molecule has 0 saturated carbocycles. The summed E-state index contributed by atoms with van der Waals surface area (Å²) in [5, 5.41) is 16.8. The maximum Gasteiger partial charge on any atom is 0.471 e. The van der Waals surface area contributed by atoms with E-state index >= 15 is 0 Å². The van der Waals surface area contributed by atoms with Gasteiger partial charge in [-0.2, -0.15) is 18.2 Å². The molecule has 2 unspecified atom stereocenters. The highest BCUT2D eigenvalue weighted by atomic mass is 19.4. The molecule has 9 heteroatoms. The van der Waals surface area contributed by atoms with Crippen LogP contribution < -0.4 is 5.32 Å². The monoisotopic (exact) mass is 356 g/mol. The first kappa shape index (κ1) is 17.8. The first-order chi connectivity index (χ1) is 11.8. The van der Waals surface area contributed by atoms with Crippen molar-refractivity contribution in [3.05, 3.63) is 35.7 Å². The zero-order chi connectivity index (χ0) is 18.0. The highest BCUT2D eigenvalue weighted by Crippen LogP contribution is 2.29. The summed E-state index contributed by atoms with van der Waals surface area (Å²) in [7, 11) is 2.04. The number of nitrogens with zero attached hydrogens (tertiary/aromatic N) is 3. The quantitative estimate of drug-likeness (QED) is 0.820. The average Bonchev–Trinajstić information content (AvgIpc) is 3.05. The fourth-order valence-corrected chi connectivity index (χ4v) is 2.89. The smallest absolute Gasteiger partial charge is 0.374 e. The van der Waals surface area contributed by atoms with Gasteiger partial charge in [-0.3, -0.25) is 5.32 Å². The van der Waals surface area contributed by atoms with Gasteiger partial charge < -0.3 is 14.5 Å². The minimum atomic E-state index is -4.67. The Morgan fingerprint density at radius 3 is 2.64 bits per heavy atom. The van der Waals surface area contributed by atoms with Gasteiger partial charge in [-0.1, -0.05) is 29.4 Å². The maximum absolute atomic E-state index is 12.5. The number of nitrogens with one attached hydrogen (secondary N) is 1. The lowest BCUT2D eigenvalue weighted by atomic mass is 10.0. The number of piperidine rings is 1. The maximum atomic E-state index is 12.5. The van der Waals surface area contributed by atoms with Crippen molar-refractivity contribution in [2.24, 2.45) is 0 Å². The molecule has 1 saturated heterocycles. The van der Waals surface area contributed by atoms with E-state index in [0.717, 1.165) is 25.9 Å². The molecule has 25 heavy (non-hydrogen) atoms. The van der Waals surface area contributed by atoms with Gasteiger partial charge in [-0.25, -0.2) is 0 Å². The number of aliphatic hydroxyl groups is 1. The summed E-state index contributed by atoms with van der Waals surface area (Å²) in [5.74, 6) is -1.52. The van der Waals surface area contributed by atoms with E-state index in [-0.39, 0.29) is 11.9 Å². The second-order valence-electron chi connectivity index (χ2n) is 6.21. The van der Waals surface area contributed by atoms with Crippen LogP contribution in [0, 0.1) is 0 Å². The second-order valence-corrected chi connectivity index (χ2v) is 6.21. The molecule has 3 rings (SSSR count). The summed E-state index contributed by atoms with van der Waals surface area (Å²) < 4.78 is 41.7. The summed E-state index contributed by atoms with van der Waals surface area (Å²) in [6.07, 6.45) is -3.46. The SMILES string of the molecule is CN1CCCC(NC(O)c2ccc(-c3noc(C(F)(F)F)n3)cc2)C1. The van der Waals surface area contributed by atoms with Crippen LogP contribution in [0.3, 0.4) is 0 Å². The average molecular weight is 356 g/mol. The molecule has 1 aliphatic heterocycles. The Labute approximate surface area is 142 Å². The van der Waals surface area contributed by atoms with E-state index in [0.29, 0.717) is 11.1 Å². The lowest BCUT2D eigenvalue weighted by molar-refractivity contribution is -0.159. The molecule has 2 N–H and O–H groups in total. The zero-order valence-corrected chi connectivity index (χ0v) is 13.6. The van der Waals surface area contributed by atoms with Gasteiger partial charge in [0.05, 0.1) is 0 Å². The number of hydrogen-bond donors (Lipinski definition) is 2. The number of halogens is 3. The van der Waals surface area contributed by atoms with Crippen molar-refractivity contribution in [2.45, 2.75) is 31.3 Å². The Bertz CT molecular complexity index is 702. The third-order valence-corrected chi connectivity index (χ3v) is 4.17. The Hall–Kier alpha value is -1.97. The van der Waals surface area contributed by atoms with Crippen LogP contribution in [0.1, 0.15) is 30.5 Å². The van der Waals surface area contributed by atoms with Crippen LogP contribution in [-0.2, 0) is 6.18 Å². The van der Waals surface area contributed by atoms with Crippen LogP contribution in [-0.4, -0.2) is 46.3 Å². The van der Waals surface area contributed by atoms with Crippen molar-refractivity contribution in [2.75, 3.05) is 20.1 Å². The minimum absolute atomic E-state index is 0.143. The number of aliphatic hydroxyl groups excluding tert-OH is 1. The Kier molecular flexibility index (Phi) is 5.07. The zero-order valence-electron chi connectivity index (χ0n) is 13.6. The third-order valence-electron chi connectivity index (χ3n) is 4.17. The number of benzene rings is 1. The molecule has 1 aromatic carbocycles. The van der Waals surface area contributed by atoms with Gasteiger partial charge >= 0.3 is 12.1 Å². The summed E-state index contributed by atoms with van der Waals surface area (Å²) >= 11 is 0. The van der Waals surface area contributed by atoms with Crippen molar-refractivity contribution >= 4 is 0 Å². The Morgan fingerprint density at radius 1 is 1.32 bits per heavy atom. The van der Waals surface area contributed by atoms with E-state index in [1.807, 2.05) is 7.05 Å². The van der Waals surface area contributed by atoms with Crippen molar-refractivity contribution < 1.29 is 22.8 Å². The first-order valence-electron chi connectivity index (χ1n) is 7.97. The number of likely N-dealkylation sites (N-methyl/N-ethyl adjacent to an activating group) is 1. The van der Waals surface area contributed by atoms with Crippen molar-refractivity contribution in [3.63, 3.8) is 0 Å². The van der Waals surface area contributed by atoms with Crippen LogP contribution in [0.25, 0.3) is 11.4 Å². The van der Waals surface area contributed by atoms with Gasteiger partial charge in [0.15, 0.2) is 0 Å². The molecule has 1 aliphatic rings. The molecule has 0 aliphatic carbocycles. The van der Waals surface area contributed by atoms with Gasteiger partial charge in [0, 0.05) is 18.2 Å². The molecule has 1 fully saturated rings. The number of aromatic nitrogens is 2. The van der Waals surface area contributed by atoms with Crippen LogP contribution in [0.5, 0.6) is 0 Å². The number of alkyl halides is 3. The lowest BCUT2D eigenvalue weighted by Gasteiger charge is -2.32. The van der Waals surface area contributed by atoms with Crippen molar-refractivity contribution in [1.29, 1.82) is 0 Å². The molecule has 0 radical (unpaired) electrons. The van der Waals surface area contributed by atoms with E-state index in [9.17, 15) is 18.3 Å². The summed E-state index contributed by atoms with van der Waals surface area (Å²) in [4.78, 5) is 5.54. The van der Waals surface area contributed by atoms with Gasteiger partial charge in [0.2, 0.25) is 5.82 Å². The van der Waals surface area contributed by atoms with E-state index in [1.165, 1.54) is 0 Å². The number of hydrogen-bond acceptors (Lipinski definition) is 6. The second kappa shape index (κ2) is 7.11. The van der Waals surface area contributed by atoms with E-state index in [4.69, 9.17) is 0 Å². The van der Waals surface area contributed by atoms with E-state index in [1.54, 1.807) is 24.3 Å². The van der Waals surface area contributed by atoms with Gasteiger partial charge in [0.25, 0.3) is 0 Å². The van der Waals surface area contributed by atoms with Crippen LogP contribution >= 0.6 is 0 Å². The standard InChI is InChI=1S/C16H19F3N4O2/c1-23-8-2-3-12(9-23)20-14(24)11-6-4-10(5-7-11)13-21-15(25-22-13)16(17,18)19/h4-7,12,14,20,24H,2-3,8-9H2,1H3.